The molecule has 0 fully saturated rings. The van der Waals surface area contributed by atoms with E-state index < -0.39 is 0 Å². The molecule has 1 spiro atoms. The van der Waals surface area contributed by atoms with Crippen LogP contribution >= 0.6 is 0 Å². The Morgan fingerprint density at radius 1 is 1.42 bits per heavy atom. The fraction of sp³-hybridized carbons (Fsp3) is 0.579. The van der Waals surface area contributed by atoms with Gasteiger partial charge in [-0.05, 0) is 31.6 Å². The van der Waals surface area contributed by atoms with Crippen molar-refractivity contribution in [3.8, 4) is 11.5 Å². The van der Waals surface area contributed by atoms with Crippen LogP contribution in [0.25, 0.3) is 0 Å². The van der Waals surface area contributed by atoms with Crippen molar-refractivity contribution in [2.75, 3.05) is 33.9 Å². The maximum atomic E-state index is 9.00. The highest BCUT2D eigenvalue weighted by molar-refractivity contribution is 5.60. The molecule has 130 valence electrons. The number of benzene rings is 1. The maximum Gasteiger partial charge on any atom is 0.166 e. The van der Waals surface area contributed by atoms with Gasteiger partial charge in [-0.1, -0.05) is 18.2 Å². The first-order chi connectivity index (χ1) is 11.7. The Balaban J connectivity index is 1.78. The van der Waals surface area contributed by atoms with Gasteiger partial charge in [-0.2, -0.15) is 0 Å². The van der Waals surface area contributed by atoms with Gasteiger partial charge in [0.05, 0.1) is 31.8 Å². The van der Waals surface area contributed by atoms with Crippen molar-refractivity contribution >= 4 is 0 Å². The molecule has 24 heavy (non-hydrogen) atoms. The van der Waals surface area contributed by atoms with Crippen LogP contribution in [0.1, 0.15) is 24.0 Å². The predicted molar refractivity (Wildman–Crippen MR) is 90.6 cm³/mol. The van der Waals surface area contributed by atoms with E-state index in [1.807, 2.05) is 6.07 Å². The van der Waals surface area contributed by atoms with Gasteiger partial charge in [-0.3, -0.25) is 0 Å². The minimum absolute atomic E-state index is 0.00230. The molecule has 0 amide bonds. The Labute approximate surface area is 142 Å². The minimum atomic E-state index is -0.0942. The SMILES string of the molecule is COc1ccc2c3c1OC1CC(OCCO)C=CC31CCN(C)C2. The van der Waals surface area contributed by atoms with Gasteiger partial charge in [-0.15, -0.1) is 0 Å². The van der Waals surface area contributed by atoms with Gasteiger partial charge in [-0.25, -0.2) is 0 Å². The van der Waals surface area contributed by atoms with E-state index in [1.54, 1.807) is 7.11 Å². The number of ether oxygens (including phenoxy) is 3. The van der Waals surface area contributed by atoms with E-state index in [0.717, 1.165) is 37.4 Å². The largest absolute Gasteiger partial charge is 0.493 e. The first-order valence-electron chi connectivity index (χ1n) is 8.65. The summed E-state index contributed by atoms with van der Waals surface area (Å²) in [7, 11) is 3.87. The van der Waals surface area contributed by atoms with Crippen molar-refractivity contribution < 1.29 is 19.3 Å². The fourth-order valence-electron chi connectivity index (χ4n) is 4.39. The van der Waals surface area contributed by atoms with Crippen LogP contribution in [0.3, 0.4) is 0 Å². The van der Waals surface area contributed by atoms with Gasteiger partial charge in [0, 0.05) is 18.5 Å². The lowest BCUT2D eigenvalue weighted by molar-refractivity contribution is 0.0125. The number of hydrogen-bond acceptors (Lipinski definition) is 5. The zero-order valence-electron chi connectivity index (χ0n) is 14.3. The molecule has 0 saturated carbocycles. The van der Waals surface area contributed by atoms with E-state index in [4.69, 9.17) is 19.3 Å². The summed E-state index contributed by atoms with van der Waals surface area (Å²) in [6, 6.07) is 4.19. The lowest BCUT2D eigenvalue weighted by Gasteiger charge is -2.37. The van der Waals surface area contributed by atoms with E-state index >= 15 is 0 Å². The molecule has 3 atom stereocenters. The number of nitrogens with zero attached hydrogens (tertiary/aromatic N) is 1. The molecule has 3 unspecified atom stereocenters. The van der Waals surface area contributed by atoms with Crippen molar-refractivity contribution in [3.05, 3.63) is 35.4 Å². The van der Waals surface area contributed by atoms with E-state index in [2.05, 4.69) is 30.2 Å². The van der Waals surface area contributed by atoms with Gasteiger partial charge in [0.2, 0.25) is 0 Å². The summed E-state index contributed by atoms with van der Waals surface area (Å²) in [5.41, 5.74) is 2.53. The Hall–Kier alpha value is -1.56. The molecule has 1 aliphatic carbocycles. The monoisotopic (exact) mass is 331 g/mol. The highest BCUT2D eigenvalue weighted by Crippen LogP contribution is 2.55. The second-order valence-electron chi connectivity index (χ2n) is 6.99. The molecule has 2 aliphatic heterocycles. The summed E-state index contributed by atoms with van der Waals surface area (Å²) in [5.74, 6) is 1.72. The molecule has 0 radical (unpaired) electrons. The summed E-state index contributed by atoms with van der Waals surface area (Å²) in [6.45, 7) is 2.37. The third kappa shape index (κ3) is 2.34. The standard InChI is InChI=1S/C19H25NO4/c1-20-8-7-19-6-5-14(23-10-9-21)11-16(19)24-18-15(22-2)4-3-13(12-20)17(18)19/h3-6,14,16,21H,7-12H2,1-2H3. The van der Waals surface area contributed by atoms with Gasteiger partial charge in [0.15, 0.2) is 11.5 Å². The molecule has 1 aromatic carbocycles. The fourth-order valence-corrected chi connectivity index (χ4v) is 4.39. The molecule has 1 aromatic rings. The van der Waals surface area contributed by atoms with Gasteiger partial charge in [0.25, 0.3) is 0 Å². The highest BCUT2D eigenvalue weighted by Gasteiger charge is 2.52. The number of hydrogen-bond donors (Lipinski definition) is 1. The summed E-state index contributed by atoms with van der Waals surface area (Å²) < 4.78 is 17.7. The van der Waals surface area contributed by atoms with E-state index in [-0.39, 0.29) is 24.2 Å². The number of methoxy groups -OCH3 is 1. The Bertz CT molecular complexity index is 659. The van der Waals surface area contributed by atoms with Crippen LogP contribution in [0.15, 0.2) is 24.3 Å². The highest BCUT2D eigenvalue weighted by atomic mass is 16.5. The normalized spacial score (nSPS) is 31.1. The Kier molecular flexibility index (Phi) is 4.03. The second-order valence-corrected chi connectivity index (χ2v) is 6.99. The van der Waals surface area contributed by atoms with Crippen molar-refractivity contribution in [2.45, 2.75) is 37.0 Å². The molecule has 0 aromatic heterocycles. The first-order valence-corrected chi connectivity index (χ1v) is 8.65. The molecule has 1 N–H and O–H groups in total. The summed E-state index contributed by atoms with van der Waals surface area (Å²) in [6.07, 6.45) is 6.33. The van der Waals surface area contributed by atoms with Crippen LogP contribution in [-0.2, 0) is 16.7 Å². The van der Waals surface area contributed by atoms with Gasteiger partial charge < -0.3 is 24.2 Å². The van der Waals surface area contributed by atoms with Crippen LogP contribution in [-0.4, -0.2) is 56.1 Å². The van der Waals surface area contributed by atoms with Crippen LogP contribution in [0.5, 0.6) is 11.5 Å². The van der Waals surface area contributed by atoms with Crippen molar-refractivity contribution in [1.29, 1.82) is 0 Å². The van der Waals surface area contributed by atoms with Crippen molar-refractivity contribution in [2.24, 2.45) is 0 Å². The van der Waals surface area contributed by atoms with Gasteiger partial charge in [0.1, 0.15) is 6.10 Å². The van der Waals surface area contributed by atoms with Crippen molar-refractivity contribution in [1.82, 2.24) is 4.90 Å². The Morgan fingerprint density at radius 2 is 2.29 bits per heavy atom. The summed E-state index contributed by atoms with van der Waals surface area (Å²) in [5, 5.41) is 9.00. The zero-order valence-corrected chi connectivity index (χ0v) is 14.3. The third-order valence-corrected chi connectivity index (χ3v) is 5.55. The van der Waals surface area contributed by atoms with Crippen LogP contribution in [0, 0.1) is 0 Å². The number of rotatable bonds is 4. The van der Waals surface area contributed by atoms with E-state index in [9.17, 15) is 0 Å². The third-order valence-electron chi connectivity index (χ3n) is 5.55. The lowest BCUT2D eigenvalue weighted by atomic mass is 9.69. The molecule has 3 aliphatic rings. The molecule has 2 heterocycles. The molecule has 0 saturated heterocycles. The Morgan fingerprint density at radius 3 is 3.08 bits per heavy atom. The quantitative estimate of drug-likeness (QED) is 0.854. The topological polar surface area (TPSA) is 51.2 Å². The van der Waals surface area contributed by atoms with E-state index in [0.29, 0.717) is 6.61 Å². The summed E-state index contributed by atoms with van der Waals surface area (Å²) in [4.78, 5) is 2.37. The van der Waals surface area contributed by atoms with Crippen LogP contribution < -0.4 is 9.47 Å². The number of aliphatic hydroxyl groups is 1. The molecule has 0 bridgehead atoms. The first kappa shape index (κ1) is 15.9. The molecular weight excluding hydrogens is 306 g/mol. The average molecular weight is 331 g/mol. The molecule has 5 nitrogen and oxygen atoms in total. The smallest absolute Gasteiger partial charge is 0.166 e. The van der Waals surface area contributed by atoms with Crippen molar-refractivity contribution in [3.63, 3.8) is 0 Å². The predicted octanol–water partition coefficient (Wildman–Crippen LogP) is 1.87. The summed E-state index contributed by atoms with van der Waals surface area (Å²) >= 11 is 0. The minimum Gasteiger partial charge on any atom is -0.493 e. The average Bonchev–Trinajstić information content (AvgIpc) is 2.85. The molecule has 5 heteroatoms. The number of aliphatic hydroxyl groups excluding tert-OH is 1. The van der Waals surface area contributed by atoms with E-state index in [1.165, 1.54) is 11.1 Å². The van der Waals surface area contributed by atoms with Gasteiger partial charge >= 0.3 is 0 Å². The van der Waals surface area contributed by atoms with Crippen LogP contribution in [0.2, 0.25) is 0 Å². The molecule has 4 rings (SSSR count). The zero-order chi connectivity index (χ0) is 16.7. The van der Waals surface area contributed by atoms with Crippen LogP contribution in [0.4, 0.5) is 0 Å². The second kappa shape index (κ2) is 6.06. The maximum absolute atomic E-state index is 9.00. The molecular formula is C19H25NO4. The lowest BCUT2D eigenvalue weighted by Crippen LogP contribution is -2.43.